The van der Waals surface area contributed by atoms with Gasteiger partial charge in [-0.2, -0.15) is 0 Å². The third kappa shape index (κ3) is 2.42. The lowest BCUT2D eigenvalue weighted by Crippen LogP contribution is -2.69. The van der Waals surface area contributed by atoms with Crippen molar-refractivity contribution in [2.45, 2.75) is 75.9 Å². The molecule has 7 heteroatoms. The van der Waals surface area contributed by atoms with Crippen molar-refractivity contribution in [1.29, 1.82) is 0 Å². The predicted octanol–water partition coefficient (Wildman–Crippen LogP) is 1.09. The first-order valence-electron chi connectivity index (χ1n) is 10.6. The molecule has 0 spiro atoms. The van der Waals surface area contributed by atoms with Crippen molar-refractivity contribution >= 4 is 11.6 Å². The Hall–Kier alpha value is -1.15. The van der Waals surface area contributed by atoms with Gasteiger partial charge in [0.2, 0.25) is 0 Å². The Bertz CT molecular complexity index is 768. The Morgan fingerprint density at radius 1 is 1.17 bits per heavy atom. The monoisotopic (exact) mass is 410 g/mol. The number of fused-ring (bicyclic) bond motifs is 6. The molecule has 4 aliphatic carbocycles. The fraction of sp³-hybridized carbons (Fsp3) is 0.818. The molecule has 9 atom stereocenters. The van der Waals surface area contributed by atoms with Gasteiger partial charge in [0.25, 0.3) is 0 Å². The summed E-state index contributed by atoms with van der Waals surface area (Å²) in [6.07, 6.45) is 1.90. The largest absolute Gasteiger partial charge is 0.390 e. The summed E-state index contributed by atoms with van der Waals surface area (Å²) in [5.41, 5.74) is -6.57. The molecule has 4 aliphatic rings. The standard InChI is InChI=1S/C22H31FO6/c1-19-7-6-15(25)12(9-19)4-3-5-13-14-8-16(26)22(29,18(28)11-24)20(14,2)10-17(27)21(13,19)23/h6-7,12-14,16-17,24,26-27,29H,3-5,8-11H2,1-2H3/t12?,13?,14-,16+,17-,19-,20-,21-,22-/m0/s1. The van der Waals surface area contributed by atoms with Gasteiger partial charge < -0.3 is 20.4 Å². The maximum atomic E-state index is 17.0. The Morgan fingerprint density at radius 2 is 1.86 bits per heavy atom. The van der Waals surface area contributed by atoms with Gasteiger partial charge in [-0.15, -0.1) is 0 Å². The molecule has 4 N–H and O–H groups in total. The minimum atomic E-state index is -2.22. The molecule has 4 rings (SSSR count). The normalized spacial score (nSPS) is 54.3. The zero-order chi connectivity index (χ0) is 21.4. The van der Waals surface area contributed by atoms with Gasteiger partial charge in [0, 0.05) is 16.7 Å². The van der Waals surface area contributed by atoms with Crippen LogP contribution in [0.3, 0.4) is 0 Å². The Morgan fingerprint density at radius 3 is 2.52 bits per heavy atom. The van der Waals surface area contributed by atoms with E-state index in [2.05, 4.69) is 0 Å². The Kier molecular flexibility index (Phi) is 4.67. The lowest BCUT2D eigenvalue weighted by molar-refractivity contribution is -0.226. The maximum absolute atomic E-state index is 17.0. The maximum Gasteiger partial charge on any atom is 0.192 e. The fourth-order valence-electron chi connectivity index (χ4n) is 7.38. The number of halogens is 1. The molecular formula is C22H31FO6. The average Bonchev–Trinajstić information content (AvgIpc) is 2.87. The Balaban J connectivity index is 1.84. The van der Waals surface area contributed by atoms with Crippen LogP contribution in [0.15, 0.2) is 12.2 Å². The van der Waals surface area contributed by atoms with Crippen molar-refractivity contribution < 1.29 is 34.4 Å². The smallest absolute Gasteiger partial charge is 0.192 e. The van der Waals surface area contributed by atoms with E-state index in [1.165, 1.54) is 6.08 Å². The summed E-state index contributed by atoms with van der Waals surface area (Å²) in [6, 6.07) is 0. The quantitative estimate of drug-likeness (QED) is 0.542. The summed E-state index contributed by atoms with van der Waals surface area (Å²) >= 11 is 0. The lowest BCUT2D eigenvalue weighted by Gasteiger charge is -2.61. The van der Waals surface area contributed by atoms with Crippen LogP contribution in [0.25, 0.3) is 0 Å². The molecule has 162 valence electrons. The second-order valence-corrected chi connectivity index (χ2v) is 10.2. The predicted molar refractivity (Wildman–Crippen MR) is 101 cm³/mol. The molecule has 0 aliphatic heterocycles. The minimum Gasteiger partial charge on any atom is -0.390 e. The summed E-state index contributed by atoms with van der Waals surface area (Å²) in [5, 5.41) is 42.4. The van der Waals surface area contributed by atoms with Crippen LogP contribution in [0.1, 0.15) is 52.4 Å². The molecule has 0 amide bonds. The van der Waals surface area contributed by atoms with Crippen LogP contribution < -0.4 is 0 Å². The minimum absolute atomic E-state index is 0.00105. The number of carbonyl (C=O) groups excluding carboxylic acids is 2. The zero-order valence-corrected chi connectivity index (χ0v) is 17.0. The first-order valence-corrected chi connectivity index (χ1v) is 10.6. The van der Waals surface area contributed by atoms with Crippen molar-refractivity contribution in [2.24, 2.45) is 28.6 Å². The molecule has 3 saturated carbocycles. The van der Waals surface area contributed by atoms with Gasteiger partial charge in [-0.25, -0.2) is 4.39 Å². The zero-order valence-electron chi connectivity index (χ0n) is 17.0. The van der Waals surface area contributed by atoms with Crippen LogP contribution in [-0.4, -0.2) is 62.1 Å². The molecule has 0 aromatic heterocycles. The highest BCUT2D eigenvalue weighted by atomic mass is 19.1. The van der Waals surface area contributed by atoms with E-state index in [-0.39, 0.29) is 24.5 Å². The van der Waals surface area contributed by atoms with Crippen molar-refractivity contribution in [1.82, 2.24) is 0 Å². The number of hydrogen-bond donors (Lipinski definition) is 4. The van der Waals surface area contributed by atoms with Gasteiger partial charge in [-0.1, -0.05) is 26.3 Å². The van der Waals surface area contributed by atoms with Crippen molar-refractivity contribution in [3.63, 3.8) is 0 Å². The number of rotatable bonds is 2. The molecule has 2 unspecified atom stereocenters. The highest BCUT2D eigenvalue weighted by Gasteiger charge is 2.75. The lowest BCUT2D eigenvalue weighted by atomic mass is 9.46. The molecule has 3 fully saturated rings. The number of aliphatic hydroxyl groups is 4. The van der Waals surface area contributed by atoms with Crippen LogP contribution in [0.5, 0.6) is 0 Å². The molecular weight excluding hydrogens is 379 g/mol. The van der Waals surface area contributed by atoms with E-state index in [0.717, 1.165) is 0 Å². The van der Waals surface area contributed by atoms with E-state index in [1.807, 2.05) is 0 Å². The van der Waals surface area contributed by atoms with Gasteiger partial charge in [0.15, 0.2) is 17.2 Å². The third-order valence-corrected chi connectivity index (χ3v) is 8.98. The highest BCUT2D eigenvalue weighted by Crippen LogP contribution is 2.68. The number of aliphatic hydroxyl groups excluding tert-OH is 3. The van der Waals surface area contributed by atoms with E-state index >= 15 is 4.39 Å². The number of carbonyl (C=O) groups is 2. The second kappa shape index (κ2) is 6.42. The third-order valence-electron chi connectivity index (χ3n) is 8.98. The fourth-order valence-corrected chi connectivity index (χ4v) is 7.38. The topological polar surface area (TPSA) is 115 Å². The van der Waals surface area contributed by atoms with E-state index in [0.29, 0.717) is 25.7 Å². The van der Waals surface area contributed by atoms with Crippen LogP contribution in [0.2, 0.25) is 0 Å². The van der Waals surface area contributed by atoms with Gasteiger partial charge in [0.05, 0.1) is 12.2 Å². The van der Waals surface area contributed by atoms with E-state index in [9.17, 15) is 30.0 Å². The summed E-state index contributed by atoms with van der Waals surface area (Å²) in [7, 11) is 0. The van der Waals surface area contributed by atoms with Crippen LogP contribution >= 0.6 is 0 Å². The van der Waals surface area contributed by atoms with Crippen molar-refractivity contribution in [3.05, 3.63) is 12.2 Å². The number of ketones is 2. The second-order valence-electron chi connectivity index (χ2n) is 10.2. The van der Waals surface area contributed by atoms with Crippen LogP contribution in [0.4, 0.5) is 4.39 Å². The highest BCUT2D eigenvalue weighted by molar-refractivity contribution is 5.93. The van der Waals surface area contributed by atoms with Gasteiger partial charge in [0.1, 0.15) is 12.3 Å². The molecule has 0 saturated heterocycles. The van der Waals surface area contributed by atoms with Crippen molar-refractivity contribution in [3.8, 4) is 0 Å². The SMILES string of the molecule is C[C@@]12C=CC(=O)C(CCCC3[C@@H]4C[C@@H](O)[C@](O)(C(=O)CO)[C@@]4(C)C[C@H](O)[C@@]31F)C2. The molecule has 0 radical (unpaired) electrons. The molecule has 0 aromatic carbocycles. The van der Waals surface area contributed by atoms with E-state index < -0.39 is 58.5 Å². The number of alkyl halides is 1. The van der Waals surface area contributed by atoms with Gasteiger partial charge >= 0.3 is 0 Å². The van der Waals surface area contributed by atoms with Gasteiger partial charge in [-0.3, -0.25) is 9.59 Å². The molecule has 6 nitrogen and oxygen atoms in total. The molecule has 0 heterocycles. The number of hydrogen-bond acceptors (Lipinski definition) is 6. The average molecular weight is 410 g/mol. The van der Waals surface area contributed by atoms with E-state index in [4.69, 9.17) is 0 Å². The van der Waals surface area contributed by atoms with Crippen molar-refractivity contribution in [2.75, 3.05) is 6.61 Å². The summed E-state index contributed by atoms with van der Waals surface area (Å²) in [4.78, 5) is 24.7. The summed E-state index contributed by atoms with van der Waals surface area (Å²) in [6.45, 7) is 2.43. The Labute approximate surface area is 169 Å². The number of Topliss-reactive ketones (excluding diaryl/α,β-unsaturated/α-hetero) is 1. The van der Waals surface area contributed by atoms with Gasteiger partial charge in [-0.05, 0) is 50.0 Å². The molecule has 29 heavy (non-hydrogen) atoms. The van der Waals surface area contributed by atoms with Crippen LogP contribution in [0, 0.1) is 28.6 Å². The first kappa shape index (κ1) is 21.1. The first-order chi connectivity index (χ1) is 13.5. The summed E-state index contributed by atoms with van der Waals surface area (Å²) in [5.74, 6) is -2.38. The van der Waals surface area contributed by atoms with E-state index in [1.54, 1.807) is 19.9 Å². The van der Waals surface area contributed by atoms with Crippen LogP contribution in [-0.2, 0) is 9.59 Å². The number of allylic oxidation sites excluding steroid dienone is 2. The molecule has 2 bridgehead atoms. The summed E-state index contributed by atoms with van der Waals surface area (Å²) < 4.78 is 17.0. The molecule has 0 aromatic rings.